The maximum absolute atomic E-state index is 12.6. The number of carboxylic acid groups (broad SMARTS) is 1. The third kappa shape index (κ3) is 3.27. The summed E-state index contributed by atoms with van der Waals surface area (Å²) in [5, 5.41) is 10.8. The highest BCUT2D eigenvalue weighted by Gasteiger charge is 2.28. The number of aromatic carboxylic acids is 1. The summed E-state index contributed by atoms with van der Waals surface area (Å²) in [7, 11) is -3.46. The fourth-order valence-corrected chi connectivity index (χ4v) is 4.18. The average Bonchev–Trinajstić information content (AvgIpc) is 2.62. The lowest BCUT2D eigenvalue weighted by molar-refractivity contribution is -0.255. The molecule has 0 aromatic heterocycles. The van der Waals surface area contributed by atoms with E-state index in [9.17, 15) is 18.3 Å². The molecule has 1 saturated heterocycles. The molecule has 0 aliphatic carbocycles. The van der Waals surface area contributed by atoms with Gasteiger partial charge in [-0.15, -0.1) is 0 Å². The van der Waals surface area contributed by atoms with Gasteiger partial charge in [-0.1, -0.05) is 30.3 Å². The van der Waals surface area contributed by atoms with Crippen LogP contribution in [0.5, 0.6) is 0 Å². The maximum atomic E-state index is 12.6. The molecular weight excluding hydrogens is 328 g/mol. The molecule has 0 amide bonds. The zero-order chi connectivity index (χ0) is 17.2. The second kappa shape index (κ2) is 6.62. The second-order valence-corrected chi connectivity index (χ2v) is 7.48. The summed E-state index contributed by atoms with van der Waals surface area (Å²) in [5.41, 5.74) is 1.00. The van der Waals surface area contributed by atoms with Crippen molar-refractivity contribution in [2.45, 2.75) is 4.90 Å². The van der Waals surface area contributed by atoms with Crippen molar-refractivity contribution in [3.8, 4) is 0 Å². The van der Waals surface area contributed by atoms with Crippen LogP contribution in [-0.2, 0) is 10.0 Å². The van der Waals surface area contributed by atoms with E-state index >= 15 is 0 Å². The third-order valence-electron chi connectivity index (χ3n) is 4.09. The summed E-state index contributed by atoms with van der Waals surface area (Å²) in [6.07, 6.45) is 0. The van der Waals surface area contributed by atoms with Crippen LogP contribution in [0.1, 0.15) is 10.4 Å². The largest absolute Gasteiger partial charge is 0.545 e. The Morgan fingerprint density at radius 2 is 1.46 bits per heavy atom. The number of carbonyl (C=O) groups excluding carboxylic acids is 1. The Kier molecular flexibility index (Phi) is 4.55. The summed E-state index contributed by atoms with van der Waals surface area (Å²) < 4.78 is 26.7. The van der Waals surface area contributed by atoms with Gasteiger partial charge in [0.05, 0.1) is 10.9 Å². The van der Waals surface area contributed by atoms with Gasteiger partial charge in [0.25, 0.3) is 0 Å². The summed E-state index contributed by atoms with van der Waals surface area (Å²) >= 11 is 0. The van der Waals surface area contributed by atoms with E-state index in [1.54, 1.807) is 42.5 Å². The Morgan fingerprint density at radius 1 is 0.875 bits per heavy atom. The molecule has 0 saturated carbocycles. The highest BCUT2D eigenvalue weighted by atomic mass is 32.2. The summed E-state index contributed by atoms with van der Waals surface area (Å²) in [6, 6.07) is 14.8. The number of nitrogens with zero attached hydrogens (tertiary/aromatic N) is 2. The third-order valence-corrected chi connectivity index (χ3v) is 6.00. The van der Waals surface area contributed by atoms with Gasteiger partial charge >= 0.3 is 0 Å². The molecule has 0 atom stereocenters. The van der Waals surface area contributed by atoms with E-state index in [0.717, 1.165) is 5.69 Å². The minimum Gasteiger partial charge on any atom is -0.545 e. The zero-order valence-corrected chi connectivity index (χ0v) is 13.8. The van der Waals surface area contributed by atoms with Gasteiger partial charge in [0.2, 0.25) is 10.0 Å². The minimum absolute atomic E-state index is 0.129. The van der Waals surface area contributed by atoms with Crippen LogP contribution >= 0.6 is 0 Å². The van der Waals surface area contributed by atoms with Gasteiger partial charge in [-0.05, 0) is 29.8 Å². The first-order chi connectivity index (χ1) is 11.5. The van der Waals surface area contributed by atoms with Gasteiger partial charge in [0.15, 0.2) is 0 Å². The van der Waals surface area contributed by atoms with Crippen LogP contribution in [0.15, 0.2) is 59.5 Å². The molecule has 6 nitrogen and oxygen atoms in total. The molecule has 0 radical (unpaired) electrons. The van der Waals surface area contributed by atoms with E-state index in [-0.39, 0.29) is 5.56 Å². The zero-order valence-electron chi connectivity index (χ0n) is 13.0. The highest BCUT2D eigenvalue weighted by molar-refractivity contribution is 7.89. The Labute approximate surface area is 141 Å². The van der Waals surface area contributed by atoms with Crippen LogP contribution < -0.4 is 10.0 Å². The Morgan fingerprint density at radius 3 is 2.00 bits per heavy atom. The fourth-order valence-electron chi connectivity index (χ4n) is 2.74. The SMILES string of the molecule is O=C([O-])c1ccc(N2CCN(S(=O)(=O)c3ccccc3)CC2)cc1. The van der Waals surface area contributed by atoms with Crippen molar-refractivity contribution >= 4 is 21.7 Å². The number of piperazine rings is 1. The van der Waals surface area contributed by atoms with Gasteiger partial charge in [0, 0.05) is 31.9 Å². The number of benzene rings is 2. The van der Waals surface area contributed by atoms with E-state index in [2.05, 4.69) is 0 Å². The van der Waals surface area contributed by atoms with E-state index in [1.165, 1.54) is 16.4 Å². The predicted molar refractivity (Wildman–Crippen MR) is 88.2 cm³/mol. The Balaban J connectivity index is 1.68. The quantitative estimate of drug-likeness (QED) is 0.809. The van der Waals surface area contributed by atoms with Gasteiger partial charge < -0.3 is 14.8 Å². The molecule has 3 rings (SSSR count). The topological polar surface area (TPSA) is 80.8 Å². The molecule has 0 spiro atoms. The van der Waals surface area contributed by atoms with Crippen molar-refractivity contribution < 1.29 is 18.3 Å². The van der Waals surface area contributed by atoms with Crippen molar-refractivity contribution in [3.63, 3.8) is 0 Å². The van der Waals surface area contributed by atoms with Crippen LogP contribution in [0.4, 0.5) is 5.69 Å². The average molecular weight is 345 g/mol. The Bertz CT molecular complexity index is 811. The standard InChI is InChI=1S/C17H18N2O4S/c20-17(21)14-6-8-15(9-7-14)18-10-12-19(13-11-18)24(22,23)16-4-2-1-3-5-16/h1-9H,10-13H2,(H,20,21)/p-1. The summed E-state index contributed by atoms with van der Waals surface area (Å²) in [6.45, 7) is 1.88. The van der Waals surface area contributed by atoms with Crippen molar-refractivity contribution in [1.82, 2.24) is 4.31 Å². The molecule has 1 aliphatic rings. The molecule has 0 unspecified atom stereocenters. The summed E-state index contributed by atoms with van der Waals surface area (Å²) in [4.78, 5) is 13.1. The highest BCUT2D eigenvalue weighted by Crippen LogP contribution is 2.21. The minimum atomic E-state index is -3.46. The molecule has 0 N–H and O–H groups in total. The molecule has 2 aromatic carbocycles. The van der Waals surface area contributed by atoms with Crippen molar-refractivity contribution in [3.05, 3.63) is 60.2 Å². The number of carboxylic acids is 1. The molecule has 24 heavy (non-hydrogen) atoms. The Hall–Kier alpha value is -2.38. The monoisotopic (exact) mass is 345 g/mol. The van der Waals surface area contributed by atoms with Crippen LogP contribution in [0.25, 0.3) is 0 Å². The first kappa shape index (κ1) is 16.5. The van der Waals surface area contributed by atoms with E-state index < -0.39 is 16.0 Å². The lowest BCUT2D eigenvalue weighted by atomic mass is 10.2. The van der Waals surface area contributed by atoms with E-state index in [1.807, 2.05) is 4.90 Å². The molecule has 7 heteroatoms. The molecule has 1 aliphatic heterocycles. The van der Waals surface area contributed by atoms with Crippen LogP contribution in [-0.4, -0.2) is 44.9 Å². The number of hydrogen-bond acceptors (Lipinski definition) is 5. The molecule has 0 bridgehead atoms. The number of anilines is 1. The fraction of sp³-hybridized carbons (Fsp3) is 0.235. The molecular formula is C17H17N2O4S-. The first-order valence-electron chi connectivity index (χ1n) is 7.60. The molecule has 126 valence electrons. The van der Waals surface area contributed by atoms with Gasteiger partial charge in [0.1, 0.15) is 0 Å². The van der Waals surface area contributed by atoms with Crippen molar-refractivity contribution in [2.75, 3.05) is 31.1 Å². The normalized spacial score (nSPS) is 16.1. The van der Waals surface area contributed by atoms with E-state index in [0.29, 0.717) is 31.1 Å². The number of rotatable bonds is 4. The van der Waals surface area contributed by atoms with Crippen LogP contribution in [0.2, 0.25) is 0 Å². The summed E-state index contributed by atoms with van der Waals surface area (Å²) in [5.74, 6) is -1.21. The van der Waals surface area contributed by atoms with Gasteiger partial charge in [-0.3, -0.25) is 0 Å². The second-order valence-electron chi connectivity index (χ2n) is 5.54. The maximum Gasteiger partial charge on any atom is 0.243 e. The molecule has 1 fully saturated rings. The smallest absolute Gasteiger partial charge is 0.243 e. The number of hydrogen-bond donors (Lipinski definition) is 0. The van der Waals surface area contributed by atoms with Gasteiger partial charge in [-0.25, -0.2) is 8.42 Å². The predicted octanol–water partition coefficient (Wildman–Crippen LogP) is 0.561. The number of sulfonamides is 1. The van der Waals surface area contributed by atoms with Crippen LogP contribution in [0, 0.1) is 0 Å². The molecule has 1 heterocycles. The van der Waals surface area contributed by atoms with Crippen molar-refractivity contribution in [1.29, 1.82) is 0 Å². The van der Waals surface area contributed by atoms with Gasteiger partial charge in [-0.2, -0.15) is 4.31 Å². The molecule has 2 aromatic rings. The van der Waals surface area contributed by atoms with E-state index in [4.69, 9.17) is 0 Å². The van der Waals surface area contributed by atoms with Crippen LogP contribution in [0.3, 0.4) is 0 Å². The van der Waals surface area contributed by atoms with Crippen molar-refractivity contribution in [2.24, 2.45) is 0 Å². The lowest BCUT2D eigenvalue weighted by Crippen LogP contribution is -2.48. The lowest BCUT2D eigenvalue weighted by Gasteiger charge is -2.35. The number of carbonyl (C=O) groups is 1. The first-order valence-corrected chi connectivity index (χ1v) is 9.04.